The molecule has 0 aliphatic carbocycles. The highest BCUT2D eigenvalue weighted by molar-refractivity contribution is 7.92. The number of nitrogens with zero attached hydrogens (tertiary/aromatic N) is 1. The van der Waals surface area contributed by atoms with Gasteiger partial charge in [0.25, 0.3) is 0 Å². The highest BCUT2D eigenvalue weighted by Gasteiger charge is 2.30. The van der Waals surface area contributed by atoms with E-state index in [1.54, 1.807) is 0 Å². The molecule has 2 N–H and O–H groups in total. The molecule has 0 fully saturated rings. The number of nitrogens with two attached hydrogens (primary N) is 1. The molecule has 0 radical (unpaired) electrons. The van der Waals surface area contributed by atoms with Crippen LogP contribution in [0.4, 0.5) is 5.69 Å². The fourth-order valence-corrected chi connectivity index (χ4v) is 4.23. The van der Waals surface area contributed by atoms with Crippen LogP contribution >= 0.6 is 0 Å². The van der Waals surface area contributed by atoms with Crippen molar-refractivity contribution < 1.29 is 8.42 Å². The molecule has 0 saturated carbocycles. The number of hydrogen-bond acceptors (Lipinski definition) is 3. The van der Waals surface area contributed by atoms with Crippen molar-refractivity contribution in [2.75, 3.05) is 16.6 Å². The number of para-hydroxylation sites is 1. The molecule has 1 aromatic rings. The van der Waals surface area contributed by atoms with Crippen LogP contribution in [-0.2, 0) is 10.0 Å². The third-order valence-corrected chi connectivity index (χ3v) is 5.27. The zero-order valence-corrected chi connectivity index (χ0v) is 11.7. The van der Waals surface area contributed by atoms with Gasteiger partial charge in [-0.3, -0.25) is 4.31 Å². The smallest absolute Gasteiger partial charge is 0.235 e. The van der Waals surface area contributed by atoms with Crippen LogP contribution < -0.4 is 10.0 Å². The number of rotatable bonds is 3. The van der Waals surface area contributed by atoms with Gasteiger partial charge in [0, 0.05) is 12.6 Å². The van der Waals surface area contributed by atoms with E-state index in [2.05, 4.69) is 0 Å². The molecular weight excluding hydrogens is 248 g/mol. The van der Waals surface area contributed by atoms with Crippen molar-refractivity contribution in [2.45, 2.75) is 26.3 Å². The van der Waals surface area contributed by atoms with Crippen molar-refractivity contribution in [3.8, 4) is 0 Å². The lowest BCUT2D eigenvalue weighted by Crippen LogP contribution is -2.40. The molecule has 0 aromatic heterocycles. The third-order valence-electron chi connectivity index (χ3n) is 3.13. The topological polar surface area (TPSA) is 63.4 Å². The molecule has 1 aliphatic heterocycles. The molecule has 4 nitrogen and oxygen atoms in total. The van der Waals surface area contributed by atoms with E-state index in [9.17, 15) is 8.42 Å². The maximum Gasteiger partial charge on any atom is 0.235 e. The zero-order chi connectivity index (χ0) is 13.3. The minimum Gasteiger partial charge on any atom is -0.324 e. The SMILES string of the molecule is CC(C)CS(=O)(=O)N1CCC(N)c2ccccc21. The summed E-state index contributed by atoms with van der Waals surface area (Å²) in [5, 5.41) is 0. The van der Waals surface area contributed by atoms with Gasteiger partial charge in [0.1, 0.15) is 0 Å². The first-order chi connectivity index (χ1) is 8.42. The summed E-state index contributed by atoms with van der Waals surface area (Å²) in [6.07, 6.45) is 0.675. The summed E-state index contributed by atoms with van der Waals surface area (Å²) >= 11 is 0. The normalized spacial score (nSPS) is 20.0. The van der Waals surface area contributed by atoms with Crippen LogP contribution in [0.1, 0.15) is 31.9 Å². The van der Waals surface area contributed by atoms with Gasteiger partial charge in [0.2, 0.25) is 10.0 Å². The third kappa shape index (κ3) is 2.52. The largest absolute Gasteiger partial charge is 0.324 e. The first kappa shape index (κ1) is 13.4. The Bertz CT molecular complexity index is 526. The van der Waals surface area contributed by atoms with E-state index in [-0.39, 0.29) is 17.7 Å². The molecule has 18 heavy (non-hydrogen) atoms. The highest BCUT2D eigenvalue weighted by atomic mass is 32.2. The van der Waals surface area contributed by atoms with E-state index in [0.717, 1.165) is 11.3 Å². The lowest BCUT2D eigenvalue weighted by Gasteiger charge is -2.33. The summed E-state index contributed by atoms with van der Waals surface area (Å²) in [5.74, 6) is 0.300. The second kappa shape index (κ2) is 4.90. The molecule has 1 heterocycles. The van der Waals surface area contributed by atoms with E-state index in [1.165, 1.54) is 4.31 Å². The summed E-state index contributed by atoms with van der Waals surface area (Å²) in [7, 11) is -3.24. The van der Waals surface area contributed by atoms with Crippen molar-refractivity contribution in [2.24, 2.45) is 11.7 Å². The van der Waals surface area contributed by atoms with Crippen LogP contribution in [0.25, 0.3) is 0 Å². The van der Waals surface area contributed by atoms with Gasteiger partial charge < -0.3 is 5.73 Å². The van der Waals surface area contributed by atoms with Crippen molar-refractivity contribution in [1.82, 2.24) is 0 Å². The summed E-state index contributed by atoms with van der Waals surface area (Å²) in [6, 6.07) is 7.45. The molecule has 0 bridgehead atoms. The van der Waals surface area contributed by atoms with Gasteiger partial charge in [-0.1, -0.05) is 32.0 Å². The lowest BCUT2D eigenvalue weighted by atomic mass is 9.99. The molecule has 1 atom stereocenters. The number of hydrogen-bond donors (Lipinski definition) is 1. The fraction of sp³-hybridized carbons (Fsp3) is 0.538. The molecule has 1 unspecified atom stereocenters. The maximum absolute atomic E-state index is 12.4. The van der Waals surface area contributed by atoms with Gasteiger partial charge in [0.05, 0.1) is 11.4 Å². The highest BCUT2D eigenvalue weighted by Crippen LogP contribution is 2.34. The summed E-state index contributed by atoms with van der Waals surface area (Å²) in [4.78, 5) is 0. The maximum atomic E-state index is 12.4. The average Bonchev–Trinajstić information content (AvgIpc) is 2.27. The van der Waals surface area contributed by atoms with Crippen LogP contribution in [0.5, 0.6) is 0 Å². The molecule has 1 aliphatic rings. The Morgan fingerprint density at radius 1 is 1.39 bits per heavy atom. The van der Waals surface area contributed by atoms with E-state index in [1.807, 2.05) is 38.1 Å². The molecule has 0 spiro atoms. The van der Waals surface area contributed by atoms with Gasteiger partial charge in [-0.25, -0.2) is 8.42 Å². The molecule has 100 valence electrons. The minimum absolute atomic E-state index is 0.0632. The minimum atomic E-state index is -3.24. The molecule has 1 aromatic carbocycles. The van der Waals surface area contributed by atoms with Gasteiger partial charge in [0.15, 0.2) is 0 Å². The number of sulfonamides is 1. The van der Waals surface area contributed by atoms with Crippen LogP contribution in [0.3, 0.4) is 0 Å². The van der Waals surface area contributed by atoms with Crippen LogP contribution in [0, 0.1) is 5.92 Å². The number of anilines is 1. The summed E-state index contributed by atoms with van der Waals surface area (Å²) in [5.41, 5.74) is 7.71. The monoisotopic (exact) mass is 268 g/mol. The second-order valence-corrected chi connectivity index (χ2v) is 7.14. The molecular formula is C13H20N2O2S. The standard InChI is InChI=1S/C13H20N2O2S/c1-10(2)9-18(16,17)15-8-7-12(14)11-5-3-4-6-13(11)15/h3-6,10,12H,7-9,14H2,1-2H3. The average molecular weight is 268 g/mol. The van der Waals surface area contributed by atoms with Crippen molar-refractivity contribution >= 4 is 15.7 Å². The summed E-state index contributed by atoms with van der Waals surface area (Å²) < 4.78 is 26.2. The molecule has 0 amide bonds. The first-order valence-electron chi connectivity index (χ1n) is 6.26. The van der Waals surface area contributed by atoms with Gasteiger partial charge in [-0.15, -0.1) is 0 Å². The van der Waals surface area contributed by atoms with Gasteiger partial charge >= 0.3 is 0 Å². The van der Waals surface area contributed by atoms with E-state index in [0.29, 0.717) is 13.0 Å². The van der Waals surface area contributed by atoms with Crippen molar-refractivity contribution in [3.63, 3.8) is 0 Å². The molecule has 5 heteroatoms. The predicted molar refractivity (Wildman–Crippen MR) is 74.0 cm³/mol. The van der Waals surface area contributed by atoms with Crippen molar-refractivity contribution in [3.05, 3.63) is 29.8 Å². The number of benzene rings is 1. The Balaban J connectivity index is 2.40. The van der Waals surface area contributed by atoms with E-state index in [4.69, 9.17) is 5.73 Å². The first-order valence-corrected chi connectivity index (χ1v) is 7.87. The predicted octanol–water partition coefficient (Wildman–Crippen LogP) is 1.88. The van der Waals surface area contributed by atoms with Crippen LogP contribution in [0.15, 0.2) is 24.3 Å². The van der Waals surface area contributed by atoms with Crippen LogP contribution in [0.2, 0.25) is 0 Å². The summed E-state index contributed by atoms with van der Waals surface area (Å²) in [6.45, 7) is 4.31. The van der Waals surface area contributed by atoms with E-state index >= 15 is 0 Å². The Morgan fingerprint density at radius 2 is 2.06 bits per heavy atom. The lowest BCUT2D eigenvalue weighted by molar-refractivity contribution is 0.563. The Labute approximate surface area is 109 Å². The molecule has 2 rings (SSSR count). The Morgan fingerprint density at radius 3 is 2.72 bits per heavy atom. The zero-order valence-electron chi connectivity index (χ0n) is 10.8. The number of fused-ring (bicyclic) bond motifs is 1. The quantitative estimate of drug-likeness (QED) is 0.910. The van der Waals surface area contributed by atoms with Crippen LogP contribution in [-0.4, -0.2) is 20.7 Å². The Hall–Kier alpha value is -1.07. The van der Waals surface area contributed by atoms with Crippen molar-refractivity contribution in [1.29, 1.82) is 0 Å². The van der Waals surface area contributed by atoms with E-state index < -0.39 is 10.0 Å². The van der Waals surface area contributed by atoms with Gasteiger partial charge in [-0.05, 0) is 24.0 Å². The fourth-order valence-electron chi connectivity index (χ4n) is 2.36. The second-order valence-electron chi connectivity index (χ2n) is 5.20. The molecule has 0 saturated heterocycles. The van der Waals surface area contributed by atoms with Gasteiger partial charge in [-0.2, -0.15) is 0 Å². The Kier molecular flexibility index (Phi) is 3.64.